The lowest BCUT2D eigenvalue weighted by Crippen LogP contribution is -2.07. The number of aliphatic imine (C=N–C) groups is 1. The highest BCUT2D eigenvalue weighted by Gasteiger charge is 2.37. The Hall–Kier alpha value is -2.79. The minimum Gasteiger partial charge on any atom is -0.252 e. The Morgan fingerprint density at radius 2 is 1.61 bits per heavy atom. The standard InChI is InChI=1S/C23H18FNO2S/c24-21-4-2-1-3-20(21)15-5-7-16(8-6-15)23-14-17-13-19(11-12-22(17)25-23)28(26,27)18-9-10-18/h1-8,11-13,18H,9-10,14H2. The van der Waals surface area contributed by atoms with E-state index in [4.69, 9.17) is 0 Å². The zero-order valence-corrected chi connectivity index (χ0v) is 15.9. The monoisotopic (exact) mass is 391 g/mol. The van der Waals surface area contributed by atoms with Gasteiger partial charge < -0.3 is 0 Å². The maximum atomic E-state index is 14.0. The van der Waals surface area contributed by atoms with E-state index in [2.05, 4.69) is 4.99 Å². The van der Waals surface area contributed by atoms with Crippen LogP contribution in [-0.4, -0.2) is 19.4 Å². The molecule has 0 N–H and O–H groups in total. The topological polar surface area (TPSA) is 46.5 Å². The predicted octanol–water partition coefficient (Wildman–Crippen LogP) is 5.11. The van der Waals surface area contributed by atoms with Crippen molar-refractivity contribution in [3.63, 3.8) is 0 Å². The molecule has 1 saturated carbocycles. The Kier molecular flexibility index (Phi) is 3.95. The summed E-state index contributed by atoms with van der Waals surface area (Å²) in [4.78, 5) is 5.08. The van der Waals surface area contributed by atoms with Crippen molar-refractivity contribution in [2.75, 3.05) is 0 Å². The van der Waals surface area contributed by atoms with Gasteiger partial charge in [-0.1, -0.05) is 42.5 Å². The number of nitrogens with zero attached hydrogens (tertiary/aromatic N) is 1. The molecule has 3 nitrogen and oxygen atoms in total. The number of rotatable bonds is 4. The molecule has 0 atom stereocenters. The fourth-order valence-corrected chi connectivity index (χ4v) is 5.34. The van der Waals surface area contributed by atoms with Gasteiger partial charge in [0.15, 0.2) is 9.84 Å². The number of halogens is 1. The van der Waals surface area contributed by atoms with E-state index >= 15 is 0 Å². The van der Waals surface area contributed by atoms with Gasteiger partial charge in [-0.15, -0.1) is 0 Å². The summed E-state index contributed by atoms with van der Waals surface area (Å²) in [7, 11) is -3.20. The summed E-state index contributed by atoms with van der Waals surface area (Å²) in [5.74, 6) is -0.245. The van der Waals surface area contributed by atoms with Crippen molar-refractivity contribution in [2.45, 2.75) is 29.4 Å². The second-order valence-electron chi connectivity index (χ2n) is 7.33. The Balaban J connectivity index is 1.41. The second-order valence-corrected chi connectivity index (χ2v) is 9.56. The molecule has 28 heavy (non-hydrogen) atoms. The van der Waals surface area contributed by atoms with E-state index in [1.165, 1.54) is 6.07 Å². The first-order valence-electron chi connectivity index (χ1n) is 9.32. The fraction of sp³-hybridized carbons (Fsp3) is 0.174. The van der Waals surface area contributed by atoms with Crippen LogP contribution in [0.1, 0.15) is 24.0 Å². The zero-order valence-electron chi connectivity index (χ0n) is 15.1. The number of benzene rings is 3. The molecular weight excluding hydrogens is 373 g/mol. The van der Waals surface area contributed by atoms with Crippen LogP contribution in [0, 0.1) is 5.82 Å². The SMILES string of the molecule is O=S(=O)(c1ccc2c(c1)CC(c1ccc(-c3ccccc3F)cc1)=N2)C1CC1. The molecule has 0 aromatic heterocycles. The van der Waals surface area contributed by atoms with Crippen LogP contribution < -0.4 is 0 Å². The van der Waals surface area contributed by atoms with Crippen LogP contribution in [0.5, 0.6) is 0 Å². The molecule has 1 aliphatic heterocycles. The first-order chi connectivity index (χ1) is 13.5. The van der Waals surface area contributed by atoms with Crippen molar-refractivity contribution in [2.24, 2.45) is 4.99 Å². The third-order valence-corrected chi connectivity index (χ3v) is 7.62. The highest BCUT2D eigenvalue weighted by molar-refractivity contribution is 7.92. The van der Waals surface area contributed by atoms with Crippen LogP contribution in [0.25, 0.3) is 11.1 Å². The van der Waals surface area contributed by atoms with Crippen molar-refractivity contribution >= 4 is 21.2 Å². The highest BCUT2D eigenvalue weighted by atomic mass is 32.2. The fourth-order valence-electron chi connectivity index (χ4n) is 3.63. The summed E-state index contributed by atoms with van der Waals surface area (Å²) in [6, 6.07) is 19.6. The lowest BCUT2D eigenvalue weighted by molar-refractivity contribution is 0.594. The molecule has 5 rings (SSSR count). The van der Waals surface area contributed by atoms with Gasteiger partial charge in [-0.05, 0) is 53.8 Å². The van der Waals surface area contributed by atoms with Crippen LogP contribution >= 0.6 is 0 Å². The van der Waals surface area contributed by atoms with Gasteiger partial charge in [-0.25, -0.2) is 12.8 Å². The minimum atomic E-state index is -3.20. The first kappa shape index (κ1) is 17.3. The van der Waals surface area contributed by atoms with Gasteiger partial charge >= 0.3 is 0 Å². The van der Waals surface area contributed by atoms with E-state index in [-0.39, 0.29) is 11.1 Å². The van der Waals surface area contributed by atoms with Crippen molar-refractivity contribution in [1.82, 2.24) is 0 Å². The zero-order chi connectivity index (χ0) is 19.3. The molecule has 1 fully saturated rings. The Morgan fingerprint density at radius 1 is 0.893 bits per heavy atom. The summed E-state index contributed by atoms with van der Waals surface area (Å²) >= 11 is 0. The van der Waals surface area contributed by atoms with Crippen LogP contribution in [-0.2, 0) is 16.3 Å². The van der Waals surface area contributed by atoms with E-state index in [1.54, 1.807) is 30.3 Å². The van der Waals surface area contributed by atoms with Gasteiger partial charge in [0.2, 0.25) is 0 Å². The molecule has 0 saturated heterocycles. The van der Waals surface area contributed by atoms with Gasteiger partial charge in [0.1, 0.15) is 5.82 Å². The smallest absolute Gasteiger partial charge is 0.181 e. The van der Waals surface area contributed by atoms with Gasteiger partial charge in [-0.2, -0.15) is 0 Å². The second kappa shape index (κ2) is 6.38. The molecular formula is C23H18FNO2S. The molecule has 0 radical (unpaired) electrons. The third kappa shape index (κ3) is 2.96. The highest BCUT2D eigenvalue weighted by Crippen LogP contribution is 2.37. The van der Waals surface area contributed by atoms with Gasteiger partial charge in [-0.3, -0.25) is 4.99 Å². The van der Waals surface area contributed by atoms with E-state index in [1.807, 2.05) is 30.3 Å². The van der Waals surface area contributed by atoms with Crippen LogP contribution in [0.2, 0.25) is 0 Å². The van der Waals surface area contributed by atoms with Crippen LogP contribution in [0.3, 0.4) is 0 Å². The van der Waals surface area contributed by atoms with E-state index in [9.17, 15) is 12.8 Å². The lowest BCUT2D eigenvalue weighted by Gasteiger charge is -2.06. The van der Waals surface area contributed by atoms with Gasteiger partial charge in [0, 0.05) is 12.0 Å². The average Bonchev–Trinajstić information content (AvgIpc) is 3.48. The molecule has 1 aliphatic carbocycles. The van der Waals surface area contributed by atoms with Crippen molar-refractivity contribution in [3.8, 4) is 11.1 Å². The van der Waals surface area contributed by atoms with Crippen molar-refractivity contribution in [3.05, 3.63) is 83.7 Å². The predicted molar refractivity (Wildman–Crippen MR) is 108 cm³/mol. The molecule has 1 heterocycles. The Bertz CT molecular complexity index is 1210. The maximum absolute atomic E-state index is 14.0. The molecule has 2 aliphatic rings. The minimum absolute atomic E-state index is 0.210. The summed E-state index contributed by atoms with van der Waals surface area (Å²) in [6.07, 6.45) is 2.12. The lowest BCUT2D eigenvalue weighted by atomic mass is 10.00. The Labute approximate surface area is 163 Å². The number of hydrogen-bond donors (Lipinski definition) is 0. The molecule has 140 valence electrons. The summed E-state index contributed by atoms with van der Waals surface area (Å²) in [5, 5.41) is -0.210. The van der Waals surface area contributed by atoms with Crippen molar-refractivity contribution in [1.29, 1.82) is 0 Å². The van der Waals surface area contributed by atoms with Gasteiger partial charge in [0.05, 0.1) is 21.5 Å². The van der Waals surface area contributed by atoms with Crippen molar-refractivity contribution < 1.29 is 12.8 Å². The largest absolute Gasteiger partial charge is 0.252 e. The summed E-state index contributed by atoms with van der Waals surface area (Å²) in [5.41, 5.74) is 5.01. The van der Waals surface area contributed by atoms with Crippen LogP contribution in [0.4, 0.5) is 10.1 Å². The number of fused-ring (bicyclic) bond motifs is 1. The Morgan fingerprint density at radius 3 is 2.32 bits per heavy atom. The quantitative estimate of drug-likeness (QED) is 0.621. The molecule has 3 aromatic carbocycles. The number of hydrogen-bond acceptors (Lipinski definition) is 3. The third-order valence-electron chi connectivity index (χ3n) is 5.36. The van der Waals surface area contributed by atoms with E-state index in [0.717, 1.165) is 40.9 Å². The normalized spacial score (nSPS) is 16.0. The van der Waals surface area contributed by atoms with Gasteiger partial charge in [0.25, 0.3) is 0 Å². The van der Waals surface area contributed by atoms with Crippen LogP contribution in [0.15, 0.2) is 76.6 Å². The maximum Gasteiger partial charge on any atom is 0.181 e. The molecule has 0 bridgehead atoms. The molecule has 0 spiro atoms. The average molecular weight is 391 g/mol. The molecule has 0 unspecified atom stereocenters. The molecule has 0 amide bonds. The molecule has 5 heteroatoms. The summed E-state index contributed by atoms with van der Waals surface area (Å²) in [6.45, 7) is 0. The molecule has 3 aromatic rings. The summed E-state index contributed by atoms with van der Waals surface area (Å²) < 4.78 is 38.9. The van der Waals surface area contributed by atoms with E-state index in [0.29, 0.717) is 16.9 Å². The first-order valence-corrected chi connectivity index (χ1v) is 10.9. The van der Waals surface area contributed by atoms with E-state index < -0.39 is 9.84 Å². The number of sulfone groups is 1.